The zero-order chi connectivity index (χ0) is 14.3. The number of benzene rings is 1. The molecule has 0 aliphatic heterocycles. The summed E-state index contributed by atoms with van der Waals surface area (Å²) in [7, 11) is 1.78. The molecule has 0 aliphatic rings. The third-order valence-corrected chi connectivity index (χ3v) is 2.76. The summed E-state index contributed by atoms with van der Waals surface area (Å²) in [5, 5.41) is 2.99. The van der Waals surface area contributed by atoms with E-state index in [2.05, 4.69) is 5.32 Å². The molecule has 0 aliphatic carbocycles. The molecule has 1 unspecified atom stereocenters. The van der Waals surface area contributed by atoms with Crippen molar-refractivity contribution >= 4 is 0 Å². The van der Waals surface area contributed by atoms with E-state index in [1.54, 1.807) is 7.05 Å². The zero-order valence-corrected chi connectivity index (χ0v) is 11.3. The van der Waals surface area contributed by atoms with Crippen molar-refractivity contribution in [2.24, 2.45) is 5.92 Å². The van der Waals surface area contributed by atoms with Crippen LogP contribution in [0.15, 0.2) is 24.3 Å². The lowest BCUT2D eigenvalue weighted by atomic mass is 9.99. The number of aryl methyl sites for hydroxylation is 1. The number of hydrogen-bond donors (Lipinski definition) is 1. The quantitative estimate of drug-likeness (QED) is 0.826. The van der Waals surface area contributed by atoms with Gasteiger partial charge in [0, 0.05) is 6.54 Å². The van der Waals surface area contributed by atoms with E-state index in [1.165, 1.54) is 5.56 Å². The Hall–Kier alpha value is -1.07. The zero-order valence-electron chi connectivity index (χ0n) is 11.3. The highest BCUT2D eigenvalue weighted by molar-refractivity contribution is 5.21. The van der Waals surface area contributed by atoms with Crippen LogP contribution in [0.25, 0.3) is 0 Å². The Kier molecular flexibility index (Phi) is 6.31. The maximum absolute atomic E-state index is 12.0. The number of hydrogen-bond acceptors (Lipinski definition) is 2. The highest BCUT2D eigenvalue weighted by Gasteiger charge is 2.27. The molecule has 0 fully saturated rings. The Bertz CT molecular complexity index is 362. The average Bonchev–Trinajstić information content (AvgIpc) is 2.30. The summed E-state index contributed by atoms with van der Waals surface area (Å²) in [5.41, 5.74) is 2.28. The third-order valence-electron chi connectivity index (χ3n) is 2.76. The smallest absolute Gasteiger partial charge is 0.372 e. The molecule has 0 aromatic heterocycles. The molecule has 0 saturated heterocycles. The van der Waals surface area contributed by atoms with Gasteiger partial charge in [-0.25, -0.2) is 0 Å². The Balaban J connectivity index is 2.45. The van der Waals surface area contributed by atoms with Gasteiger partial charge in [0.2, 0.25) is 0 Å². The minimum Gasteiger partial charge on any atom is -0.372 e. The Morgan fingerprint density at radius 1 is 1.21 bits per heavy atom. The molecule has 108 valence electrons. The molecule has 0 saturated carbocycles. The minimum atomic E-state index is -4.26. The topological polar surface area (TPSA) is 21.3 Å². The van der Waals surface area contributed by atoms with Gasteiger partial charge in [-0.3, -0.25) is 0 Å². The summed E-state index contributed by atoms with van der Waals surface area (Å²) in [6.07, 6.45) is -3.55. The third kappa shape index (κ3) is 7.18. The molecule has 0 spiro atoms. The fraction of sp³-hybridized carbons (Fsp3) is 0.571. The van der Waals surface area contributed by atoms with Crippen LogP contribution in [0.2, 0.25) is 0 Å². The highest BCUT2D eigenvalue weighted by atomic mass is 19.4. The molecule has 0 radical (unpaired) electrons. The lowest BCUT2D eigenvalue weighted by Gasteiger charge is -2.17. The summed E-state index contributed by atoms with van der Waals surface area (Å²) in [6.45, 7) is 1.56. The van der Waals surface area contributed by atoms with Gasteiger partial charge < -0.3 is 10.1 Å². The fourth-order valence-electron chi connectivity index (χ4n) is 1.88. The summed E-state index contributed by atoms with van der Waals surface area (Å²) < 4.78 is 40.8. The number of rotatable bonds is 7. The van der Waals surface area contributed by atoms with E-state index in [9.17, 15) is 13.2 Å². The SMILES string of the molecule is CNCC(COCC(F)(F)F)Cc1ccc(C)cc1. The lowest BCUT2D eigenvalue weighted by molar-refractivity contribution is -0.176. The number of nitrogens with one attached hydrogen (secondary N) is 1. The van der Waals surface area contributed by atoms with Crippen LogP contribution in [0.3, 0.4) is 0 Å². The van der Waals surface area contributed by atoms with E-state index >= 15 is 0 Å². The van der Waals surface area contributed by atoms with Crippen LogP contribution in [0.1, 0.15) is 11.1 Å². The number of alkyl halides is 3. The van der Waals surface area contributed by atoms with Gasteiger partial charge in [-0.1, -0.05) is 29.8 Å². The number of halogens is 3. The first-order valence-electron chi connectivity index (χ1n) is 6.25. The van der Waals surface area contributed by atoms with E-state index < -0.39 is 12.8 Å². The van der Waals surface area contributed by atoms with Gasteiger partial charge in [0.25, 0.3) is 0 Å². The predicted octanol–water partition coefficient (Wildman–Crippen LogP) is 2.95. The van der Waals surface area contributed by atoms with Gasteiger partial charge in [-0.2, -0.15) is 13.2 Å². The van der Waals surface area contributed by atoms with Crippen molar-refractivity contribution in [3.05, 3.63) is 35.4 Å². The molecule has 19 heavy (non-hydrogen) atoms. The van der Waals surface area contributed by atoms with Gasteiger partial charge in [-0.15, -0.1) is 0 Å². The van der Waals surface area contributed by atoms with Crippen molar-refractivity contribution in [3.8, 4) is 0 Å². The van der Waals surface area contributed by atoms with Crippen LogP contribution in [0.5, 0.6) is 0 Å². The minimum absolute atomic E-state index is 0.0371. The van der Waals surface area contributed by atoms with E-state index in [0.29, 0.717) is 13.0 Å². The monoisotopic (exact) mass is 275 g/mol. The average molecular weight is 275 g/mol. The molecule has 0 heterocycles. The Morgan fingerprint density at radius 2 is 1.84 bits per heavy atom. The first-order chi connectivity index (χ1) is 8.90. The van der Waals surface area contributed by atoms with Crippen molar-refractivity contribution in [1.82, 2.24) is 5.32 Å². The summed E-state index contributed by atoms with van der Waals surface area (Å²) >= 11 is 0. The maximum atomic E-state index is 12.0. The highest BCUT2D eigenvalue weighted by Crippen LogP contribution is 2.16. The van der Waals surface area contributed by atoms with Crippen LogP contribution in [0, 0.1) is 12.8 Å². The van der Waals surface area contributed by atoms with E-state index in [4.69, 9.17) is 4.74 Å². The van der Waals surface area contributed by atoms with E-state index in [1.807, 2.05) is 31.2 Å². The summed E-state index contributed by atoms with van der Waals surface area (Å²) in [6, 6.07) is 8.01. The fourth-order valence-corrected chi connectivity index (χ4v) is 1.88. The molecule has 0 amide bonds. The second-order valence-electron chi connectivity index (χ2n) is 4.74. The standard InChI is InChI=1S/C14H20F3NO/c1-11-3-5-12(6-4-11)7-13(8-18-2)9-19-10-14(15,16)17/h3-6,13,18H,7-10H2,1-2H3. The molecule has 1 rings (SSSR count). The molecule has 1 N–H and O–H groups in total. The van der Waals surface area contributed by atoms with Crippen LogP contribution >= 0.6 is 0 Å². The molecule has 1 atom stereocenters. The van der Waals surface area contributed by atoms with Gasteiger partial charge in [0.15, 0.2) is 0 Å². The first kappa shape index (κ1) is 16.0. The van der Waals surface area contributed by atoms with Crippen molar-refractivity contribution in [2.75, 3.05) is 26.8 Å². The second-order valence-corrected chi connectivity index (χ2v) is 4.74. The largest absolute Gasteiger partial charge is 0.411 e. The van der Waals surface area contributed by atoms with E-state index in [0.717, 1.165) is 5.56 Å². The second kappa shape index (κ2) is 7.50. The Labute approximate surface area is 112 Å². The molecular weight excluding hydrogens is 255 g/mol. The molecule has 1 aromatic carbocycles. The maximum Gasteiger partial charge on any atom is 0.411 e. The van der Waals surface area contributed by atoms with Crippen LogP contribution in [-0.4, -0.2) is 33.0 Å². The van der Waals surface area contributed by atoms with Crippen molar-refractivity contribution in [2.45, 2.75) is 19.5 Å². The Morgan fingerprint density at radius 3 is 2.37 bits per heavy atom. The predicted molar refractivity (Wildman–Crippen MR) is 69.2 cm³/mol. The lowest BCUT2D eigenvalue weighted by Crippen LogP contribution is -2.27. The first-order valence-corrected chi connectivity index (χ1v) is 6.25. The molecule has 0 bridgehead atoms. The van der Waals surface area contributed by atoms with Crippen LogP contribution in [-0.2, 0) is 11.2 Å². The van der Waals surface area contributed by atoms with Crippen molar-refractivity contribution < 1.29 is 17.9 Å². The summed E-state index contributed by atoms with van der Waals surface area (Å²) in [4.78, 5) is 0. The molecule has 2 nitrogen and oxygen atoms in total. The molecule has 1 aromatic rings. The molecule has 5 heteroatoms. The van der Waals surface area contributed by atoms with Gasteiger partial charge >= 0.3 is 6.18 Å². The molecular formula is C14H20F3NO. The van der Waals surface area contributed by atoms with Gasteiger partial charge in [0.1, 0.15) is 6.61 Å². The van der Waals surface area contributed by atoms with Crippen LogP contribution in [0.4, 0.5) is 13.2 Å². The summed E-state index contributed by atoms with van der Waals surface area (Å²) in [5.74, 6) is 0.0371. The van der Waals surface area contributed by atoms with Crippen molar-refractivity contribution in [3.63, 3.8) is 0 Å². The van der Waals surface area contributed by atoms with Crippen LogP contribution < -0.4 is 5.32 Å². The van der Waals surface area contributed by atoms with Gasteiger partial charge in [0.05, 0.1) is 6.61 Å². The number of ether oxygens (including phenoxy) is 1. The van der Waals surface area contributed by atoms with E-state index in [-0.39, 0.29) is 12.5 Å². The normalized spacial score (nSPS) is 13.5. The van der Waals surface area contributed by atoms with Crippen molar-refractivity contribution in [1.29, 1.82) is 0 Å². The van der Waals surface area contributed by atoms with Gasteiger partial charge in [-0.05, 0) is 31.9 Å².